The number of rotatable bonds is 3. The van der Waals surface area contributed by atoms with Crippen molar-refractivity contribution in [1.29, 1.82) is 0 Å². The summed E-state index contributed by atoms with van der Waals surface area (Å²) in [4.78, 5) is 10.0. The van der Waals surface area contributed by atoms with E-state index in [9.17, 15) is 14.5 Å². The van der Waals surface area contributed by atoms with E-state index >= 15 is 0 Å². The second-order valence-electron chi connectivity index (χ2n) is 5.20. The molecule has 5 heteroatoms. The van der Waals surface area contributed by atoms with E-state index in [1.54, 1.807) is 6.07 Å². The lowest BCUT2D eigenvalue weighted by Gasteiger charge is -2.31. The molecule has 92 valence electrons. The average molecular weight is 238 g/mol. The molecule has 0 bridgehead atoms. The molecule has 0 atom stereocenters. The third-order valence-electron chi connectivity index (χ3n) is 3.67. The van der Waals surface area contributed by atoms with Crippen LogP contribution in [0.15, 0.2) is 18.2 Å². The molecule has 1 fully saturated rings. The van der Waals surface area contributed by atoms with Crippen molar-refractivity contribution < 1.29 is 9.31 Å². The minimum absolute atomic E-state index is 0.374. The van der Waals surface area contributed by atoms with E-state index in [-0.39, 0.29) is 0 Å². The third kappa shape index (κ3) is 1.70. The van der Waals surface area contributed by atoms with Crippen LogP contribution in [0.25, 0.3) is 0 Å². The highest BCUT2D eigenvalue weighted by atomic mass is 19.1. The van der Waals surface area contributed by atoms with Crippen LogP contribution in [-0.2, 0) is 5.41 Å². The first-order valence-corrected chi connectivity index (χ1v) is 5.52. The molecular weight excluding hydrogens is 223 g/mol. The molecule has 2 rings (SSSR count). The molecule has 0 radical (unpaired) electrons. The summed E-state index contributed by atoms with van der Waals surface area (Å²) in [5.41, 5.74) is 4.93. The van der Waals surface area contributed by atoms with Gasteiger partial charge in [0, 0.05) is 22.6 Å². The minimum atomic E-state index is -0.742. The summed E-state index contributed by atoms with van der Waals surface area (Å²) in [6.45, 7) is 3.66. The van der Waals surface area contributed by atoms with Gasteiger partial charge in [0.25, 0.3) is 0 Å². The van der Waals surface area contributed by atoms with E-state index in [0.717, 1.165) is 12.8 Å². The summed E-state index contributed by atoms with van der Waals surface area (Å²) in [6, 6.07) is 4.30. The average Bonchev–Trinajstić information content (AvgIpc) is 2.97. The number of benzene rings is 1. The molecule has 2 N–H and O–H groups in total. The molecular formula is C12H15FN2O2. The zero-order valence-electron chi connectivity index (χ0n) is 9.87. The van der Waals surface area contributed by atoms with Crippen LogP contribution in [0.5, 0.6) is 0 Å². The zero-order chi connectivity index (χ0) is 12.8. The highest BCUT2D eigenvalue weighted by molar-refractivity contribution is 5.45. The number of nitrogens with two attached hydrogens (primary N) is 1. The zero-order valence-corrected chi connectivity index (χ0v) is 9.87. The van der Waals surface area contributed by atoms with Crippen LogP contribution in [0.1, 0.15) is 32.3 Å². The summed E-state index contributed by atoms with van der Waals surface area (Å²) >= 11 is 0. The first-order valence-electron chi connectivity index (χ1n) is 5.52. The van der Waals surface area contributed by atoms with Crippen molar-refractivity contribution >= 4 is 5.69 Å². The number of nitrogens with zero attached hydrogens (tertiary/aromatic N) is 1. The Morgan fingerprint density at radius 1 is 1.47 bits per heavy atom. The van der Waals surface area contributed by atoms with Crippen LogP contribution in [0.2, 0.25) is 0 Å². The molecule has 1 aromatic carbocycles. The summed E-state index contributed by atoms with van der Waals surface area (Å²) < 4.78 is 14.1. The predicted octanol–water partition coefficient (Wildman–Crippen LogP) is 2.50. The van der Waals surface area contributed by atoms with Gasteiger partial charge in [-0.1, -0.05) is 12.1 Å². The number of hydrogen-bond acceptors (Lipinski definition) is 3. The maximum absolute atomic E-state index is 14.1. The van der Waals surface area contributed by atoms with Crippen molar-refractivity contribution in [3.63, 3.8) is 0 Å². The van der Waals surface area contributed by atoms with Crippen molar-refractivity contribution in [1.82, 2.24) is 0 Å². The molecule has 1 aromatic rings. The molecule has 0 unspecified atom stereocenters. The van der Waals surface area contributed by atoms with Crippen molar-refractivity contribution in [2.75, 3.05) is 0 Å². The van der Waals surface area contributed by atoms with Gasteiger partial charge in [0.15, 0.2) is 0 Å². The Bertz CT molecular complexity index is 476. The largest absolute Gasteiger partial charge is 0.325 e. The smallest absolute Gasteiger partial charge is 0.305 e. The molecule has 0 spiro atoms. The van der Waals surface area contributed by atoms with Gasteiger partial charge in [-0.15, -0.1) is 0 Å². The van der Waals surface area contributed by atoms with Crippen molar-refractivity contribution in [3.05, 3.63) is 39.7 Å². The van der Waals surface area contributed by atoms with Crippen molar-refractivity contribution in [2.24, 2.45) is 5.73 Å². The quantitative estimate of drug-likeness (QED) is 0.649. The summed E-state index contributed by atoms with van der Waals surface area (Å²) in [6.07, 6.45) is 1.54. The van der Waals surface area contributed by atoms with E-state index in [1.807, 2.05) is 13.8 Å². The van der Waals surface area contributed by atoms with Gasteiger partial charge in [0.1, 0.15) is 0 Å². The predicted molar refractivity (Wildman–Crippen MR) is 62.2 cm³/mol. The standard InChI is InChI=1S/C12H15FN2O2/c1-11(2,14)12(6-7-12)8-4-3-5-9(10(8)13)15(16)17/h3-5H,6-7,14H2,1-2H3. The van der Waals surface area contributed by atoms with Gasteiger partial charge in [-0.25, -0.2) is 0 Å². The fourth-order valence-electron chi connectivity index (χ4n) is 2.42. The van der Waals surface area contributed by atoms with E-state index < -0.39 is 27.4 Å². The van der Waals surface area contributed by atoms with E-state index in [0.29, 0.717) is 5.56 Å². The maximum atomic E-state index is 14.1. The minimum Gasteiger partial charge on any atom is -0.325 e. The Morgan fingerprint density at radius 2 is 2.06 bits per heavy atom. The lowest BCUT2D eigenvalue weighted by Crippen LogP contribution is -2.45. The Labute approximate surface area is 98.8 Å². The molecule has 1 saturated carbocycles. The monoisotopic (exact) mass is 238 g/mol. The Balaban J connectivity index is 2.55. The lowest BCUT2D eigenvalue weighted by atomic mass is 9.79. The molecule has 0 aromatic heterocycles. The maximum Gasteiger partial charge on any atom is 0.305 e. The first kappa shape index (κ1) is 12.0. The Kier molecular flexibility index (Phi) is 2.47. The van der Waals surface area contributed by atoms with Crippen molar-refractivity contribution in [2.45, 2.75) is 37.6 Å². The molecule has 17 heavy (non-hydrogen) atoms. The molecule has 0 saturated heterocycles. The molecule has 0 amide bonds. The van der Waals surface area contributed by atoms with Crippen LogP contribution in [0, 0.1) is 15.9 Å². The normalized spacial score (nSPS) is 17.9. The van der Waals surface area contributed by atoms with E-state index in [2.05, 4.69) is 0 Å². The van der Waals surface area contributed by atoms with Crippen LogP contribution in [0.3, 0.4) is 0 Å². The molecule has 0 aliphatic heterocycles. The van der Waals surface area contributed by atoms with E-state index in [4.69, 9.17) is 5.73 Å². The van der Waals surface area contributed by atoms with Gasteiger partial charge in [0.05, 0.1) is 4.92 Å². The lowest BCUT2D eigenvalue weighted by molar-refractivity contribution is -0.387. The van der Waals surface area contributed by atoms with Gasteiger partial charge in [-0.2, -0.15) is 4.39 Å². The third-order valence-corrected chi connectivity index (χ3v) is 3.67. The van der Waals surface area contributed by atoms with Crippen LogP contribution in [0.4, 0.5) is 10.1 Å². The molecule has 4 nitrogen and oxygen atoms in total. The van der Waals surface area contributed by atoms with Crippen molar-refractivity contribution in [3.8, 4) is 0 Å². The molecule has 1 aliphatic carbocycles. The molecule has 1 aliphatic rings. The van der Waals surface area contributed by atoms with Gasteiger partial charge < -0.3 is 5.73 Å². The van der Waals surface area contributed by atoms with Crippen LogP contribution in [-0.4, -0.2) is 10.5 Å². The first-order chi connectivity index (χ1) is 7.79. The van der Waals surface area contributed by atoms with Gasteiger partial charge in [-0.3, -0.25) is 10.1 Å². The second-order valence-corrected chi connectivity index (χ2v) is 5.20. The van der Waals surface area contributed by atoms with Crippen LogP contribution >= 0.6 is 0 Å². The Morgan fingerprint density at radius 3 is 2.47 bits per heavy atom. The second kappa shape index (κ2) is 3.50. The van der Waals surface area contributed by atoms with Crippen LogP contribution < -0.4 is 5.73 Å². The number of nitro benzene ring substituents is 1. The number of nitro groups is 1. The Hall–Kier alpha value is -1.49. The fraction of sp³-hybridized carbons (Fsp3) is 0.500. The molecule has 0 heterocycles. The highest BCUT2D eigenvalue weighted by Crippen LogP contribution is 2.55. The summed E-state index contributed by atoms with van der Waals surface area (Å²) in [5, 5.41) is 10.7. The van der Waals surface area contributed by atoms with E-state index in [1.165, 1.54) is 12.1 Å². The van der Waals surface area contributed by atoms with Gasteiger partial charge >= 0.3 is 5.69 Å². The highest BCUT2D eigenvalue weighted by Gasteiger charge is 2.55. The fourth-order valence-corrected chi connectivity index (χ4v) is 2.42. The van der Waals surface area contributed by atoms with Gasteiger partial charge in [0.2, 0.25) is 5.82 Å². The topological polar surface area (TPSA) is 69.2 Å². The number of hydrogen-bond donors (Lipinski definition) is 1. The summed E-state index contributed by atoms with van der Waals surface area (Å²) in [5.74, 6) is -0.742. The summed E-state index contributed by atoms with van der Waals surface area (Å²) in [7, 11) is 0. The SMILES string of the molecule is CC(C)(N)C1(c2cccc([N+](=O)[O-])c2F)CC1. The number of halogens is 1. The van der Waals surface area contributed by atoms with Gasteiger partial charge in [-0.05, 0) is 26.7 Å².